The van der Waals surface area contributed by atoms with Crippen LogP contribution < -0.4 is 5.32 Å². The molecule has 1 aliphatic heterocycles. The summed E-state index contributed by atoms with van der Waals surface area (Å²) in [6.07, 6.45) is 0.961. The minimum absolute atomic E-state index is 0.148. The molecule has 2 atom stereocenters. The van der Waals surface area contributed by atoms with E-state index < -0.39 is 0 Å². The van der Waals surface area contributed by atoms with E-state index in [1.54, 1.807) is 0 Å². The maximum Gasteiger partial charge on any atom is 0.227 e. The van der Waals surface area contributed by atoms with E-state index in [9.17, 15) is 4.79 Å². The van der Waals surface area contributed by atoms with Crippen molar-refractivity contribution in [2.75, 3.05) is 20.1 Å². The first kappa shape index (κ1) is 14.1. The molecule has 1 amide bonds. The average molecular weight is 260 g/mol. The molecule has 1 N–H and O–H groups in total. The van der Waals surface area contributed by atoms with Crippen LogP contribution in [0.4, 0.5) is 0 Å². The number of nitrogens with one attached hydrogen (secondary N) is 1. The van der Waals surface area contributed by atoms with Crippen molar-refractivity contribution in [2.45, 2.75) is 26.3 Å². The van der Waals surface area contributed by atoms with Gasteiger partial charge in [0, 0.05) is 13.6 Å². The molecule has 3 nitrogen and oxygen atoms in total. The van der Waals surface area contributed by atoms with Crippen molar-refractivity contribution >= 4 is 5.91 Å². The van der Waals surface area contributed by atoms with Crippen molar-refractivity contribution in [3.63, 3.8) is 0 Å². The van der Waals surface area contributed by atoms with Gasteiger partial charge in [-0.2, -0.15) is 0 Å². The Bertz CT molecular complexity index is 410. The summed E-state index contributed by atoms with van der Waals surface area (Å²) in [5, 5.41) is 3.27. The Morgan fingerprint density at radius 2 is 2.00 bits per heavy atom. The van der Waals surface area contributed by atoms with Gasteiger partial charge in [-0.25, -0.2) is 0 Å². The largest absolute Gasteiger partial charge is 0.338 e. The average Bonchev–Trinajstić information content (AvgIpc) is 2.92. The van der Waals surface area contributed by atoms with Crippen molar-refractivity contribution in [2.24, 2.45) is 11.8 Å². The first-order valence-electron chi connectivity index (χ1n) is 7.13. The maximum atomic E-state index is 12.6. The topological polar surface area (TPSA) is 32.3 Å². The highest BCUT2D eigenvalue weighted by atomic mass is 16.2. The van der Waals surface area contributed by atoms with Crippen molar-refractivity contribution in [1.82, 2.24) is 10.2 Å². The van der Waals surface area contributed by atoms with E-state index in [1.165, 1.54) is 5.56 Å². The van der Waals surface area contributed by atoms with Crippen LogP contribution in [-0.4, -0.2) is 30.9 Å². The third-order valence-corrected chi connectivity index (χ3v) is 3.95. The van der Waals surface area contributed by atoms with Crippen LogP contribution >= 0.6 is 0 Å². The van der Waals surface area contributed by atoms with E-state index in [-0.39, 0.29) is 17.9 Å². The van der Waals surface area contributed by atoms with Crippen LogP contribution in [-0.2, 0) is 4.79 Å². The van der Waals surface area contributed by atoms with Crippen molar-refractivity contribution < 1.29 is 4.79 Å². The summed E-state index contributed by atoms with van der Waals surface area (Å²) in [5.41, 5.74) is 1.22. The van der Waals surface area contributed by atoms with Gasteiger partial charge in [0.1, 0.15) is 0 Å². The molecular formula is C16H24N2O. The minimum atomic E-state index is 0.148. The van der Waals surface area contributed by atoms with Gasteiger partial charge in [0.2, 0.25) is 5.91 Å². The molecule has 1 aliphatic rings. The summed E-state index contributed by atoms with van der Waals surface area (Å²) in [6, 6.07) is 10.5. The molecule has 104 valence electrons. The Kier molecular flexibility index (Phi) is 4.59. The number of carbonyl (C=O) groups excluding carboxylic acids is 1. The summed E-state index contributed by atoms with van der Waals surface area (Å²) in [5.74, 6) is 0.827. The van der Waals surface area contributed by atoms with Crippen molar-refractivity contribution in [3.8, 4) is 0 Å². The molecule has 0 bridgehead atoms. The fourth-order valence-electron chi connectivity index (χ4n) is 3.00. The van der Waals surface area contributed by atoms with Gasteiger partial charge in [-0.1, -0.05) is 44.2 Å². The molecule has 1 heterocycles. The van der Waals surface area contributed by atoms with E-state index >= 15 is 0 Å². The summed E-state index contributed by atoms with van der Waals surface area (Å²) >= 11 is 0. The summed E-state index contributed by atoms with van der Waals surface area (Å²) in [6.45, 7) is 6.13. The van der Waals surface area contributed by atoms with E-state index in [2.05, 4.69) is 31.3 Å². The minimum Gasteiger partial charge on any atom is -0.338 e. The number of hydrogen-bond acceptors (Lipinski definition) is 2. The SMILES string of the molecule is CC(C)C(c1ccccc1)N(C)C(=O)C1CCNC1. The number of rotatable bonds is 4. The lowest BCUT2D eigenvalue weighted by Crippen LogP contribution is -2.38. The predicted octanol–water partition coefficient (Wildman–Crippen LogP) is 2.45. The summed E-state index contributed by atoms with van der Waals surface area (Å²) in [4.78, 5) is 14.5. The zero-order valence-corrected chi connectivity index (χ0v) is 12.1. The van der Waals surface area contributed by atoms with Crippen molar-refractivity contribution in [3.05, 3.63) is 35.9 Å². The van der Waals surface area contributed by atoms with E-state index in [4.69, 9.17) is 0 Å². The highest BCUT2D eigenvalue weighted by Gasteiger charge is 2.31. The Balaban J connectivity index is 2.17. The standard InChI is InChI=1S/C16H24N2O/c1-12(2)15(13-7-5-4-6-8-13)18(3)16(19)14-9-10-17-11-14/h4-8,12,14-15,17H,9-11H2,1-3H3. The number of nitrogens with zero attached hydrogens (tertiary/aromatic N) is 1. The van der Waals surface area contributed by atoms with Crippen LogP contribution in [0.2, 0.25) is 0 Å². The highest BCUT2D eigenvalue weighted by Crippen LogP contribution is 2.29. The molecule has 2 unspecified atom stereocenters. The Morgan fingerprint density at radius 3 is 2.53 bits per heavy atom. The lowest BCUT2D eigenvalue weighted by molar-refractivity contribution is -0.136. The Hall–Kier alpha value is -1.35. The van der Waals surface area contributed by atoms with E-state index in [0.29, 0.717) is 5.92 Å². The quantitative estimate of drug-likeness (QED) is 0.902. The molecular weight excluding hydrogens is 236 g/mol. The lowest BCUT2D eigenvalue weighted by Gasteiger charge is -2.33. The second kappa shape index (κ2) is 6.20. The maximum absolute atomic E-state index is 12.6. The number of hydrogen-bond donors (Lipinski definition) is 1. The van der Waals surface area contributed by atoms with Gasteiger partial charge in [0.05, 0.1) is 12.0 Å². The van der Waals surface area contributed by atoms with Gasteiger partial charge >= 0.3 is 0 Å². The van der Waals surface area contributed by atoms with Crippen molar-refractivity contribution in [1.29, 1.82) is 0 Å². The number of amides is 1. The second-order valence-electron chi connectivity index (χ2n) is 5.74. The normalized spacial score (nSPS) is 20.5. The van der Waals surface area contributed by atoms with Gasteiger partial charge in [-0.15, -0.1) is 0 Å². The van der Waals surface area contributed by atoms with Crippen LogP contribution in [0.1, 0.15) is 31.9 Å². The zero-order valence-electron chi connectivity index (χ0n) is 12.1. The van der Waals surface area contributed by atoms with Gasteiger partial charge in [0.15, 0.2) is 0 Å². The fraction of sp³-hybridized carbons (Fsp3) is 0.562. The molecule has 1 saturated heterocycles. The van der Waals surface area contributed by atoms with Gasteiger partial charge in [0.25, 0.3) is 0 Å². The van der Waals surface area contributed by atoms with Gasteiger partial charge < -0.3 is 10.2 Å². The third-order valence-electron chi connectivity index (χ3n) is 3.95. The predicted molar refractivity (Wildman–Crippen MR) is 77.8 cm³/mol. The molecule has 0 spiro atoms. The summed E-state index contributed by atoms with van der Waals surface area (Å²) in [7, 11) is 1.94. The van der Waals surface area contributed by atoms with E-state index in [1.807, 2.05) is 30.1 Å². The molecule has 0 aromatic heterocycles. The van der Waals surface area contributed by atoms with Gasteiger partial charge in [-0.3, -0.25) is 4.79 Å². The molecule has 0 radical (unpaired) electrons. The van der Waals surface area contributed by atoms with Gasteiger partial charge in [-0.05, 0) is 24.4 Å². The monoisotopic (exact) mass is 260 g/mol. The molecule has 0 aliphatic carbocycles. The molecule has 3 heteroatoms. The molecule has 19 heavy (non-hydrogen) atoms. The molecule has 2 rings (SSSR count). The van der Waals surface area contributed by atoms with E-state index in [0.717, 1.165) is 19.5 Å². The van der Waals surface area contributed by atoms with Crippen LogP contribution in [0.15, 0.2) is 30.3 Å². The smallest absolute Gasteiger partial charge is 0.227 e. The zero-order chi connectivity index (χ0) is 13.8. The van der Waals surface area contributed by atoms with Crippen LogP contribution in [0.3, 0.4) is 0 Å². The first-order valence-corrected chi connectivity index (χ1v) is 7.13. The molecule has 1 aromatic rings. The fourth-order valence-corrected chi connectivity index (χ4v) is 3.00. The lowest BCUT2D eigenvalue weighted by atomic mass is 9.93. The molecule has 0 saturated carbocycles. The number of carbonyl (C=O) groups is 1. The third kappa shape index (κ3) is 3.16. The van der Waals surface area contributed by atoms with Crippen LogP contribution in [0.5, 0.6) is 0 Å². The van der Waals surface area contributed by atoms with Crippen LogP contribution in [0.25, 0.3) is 0 Å². The molecule has 1 fully saturated rings. The molecule has 1 aromatic carbocycles. The Morgan fingerprint density at radius 1 is 1.32 bits per heavy atom. The second-order valence-corrected chi connectivity index (χ2v) is 5.74. The highest BCUT2D eigenvalue weighted by molar-refractivity contribution is 5.79. The number of benzene rings is 1. The first-order chi connectivity index (χ1) is 9.11. The van der Waals surface area contributed by atoms with Crippen LogP contribution in [0, 0.1) is 11.8 Å². The Labute approximate surface area is 116 Å². The summed E-state index contributed by atoms with van der Waals surface area (Å²) < 4.78 is 0.